The Balaban J connectivity index is 2.57. The summed E-state index contributed by atoms with van der Waals surface area (Å²) in [6.07, 6.45) is 5.28. The quantitative estimate of drug-likeness (QED) is 0.521. The minimum Gasteiger partial charge on any atom is -0.502 e. The molecule has 0 N–H and O–H groups in total. The van der Waals surface area contributed by atoms with Gasteiger partial charge in [0.25, 0.3) is 0 Å². The second-order valence-corrected chi connectivity index (χ2v) is 6.60. The maximum Gasteiger partial charge on any atom is 0.155 e. The van der Waals surface area contributed by atoms with Crippen LogP contribution in [0.5, 0.6) is 0 Å². The van der Waals surface area contributed by atoms with Gasteiger partial charge in [0.05, 0.1) is 23.4 Å². The van der Waals surface area contributed by atoms with E-state index in [2.05, 4.69) is 6.58 Å². The summed E-state index contributed by atoms with van der Waals surface area (Å²) < 4.78 is 28.4. The summed E-state index contributed by atoms with van der Waals surface area (Å²) >= 11 is 0. The molecule has 0 saturated carbocycles. The normalized spacial score (nSPS) is 28.9. The van der Waals surface area contributed by atoms with Gasteiger partial charge in [0, 0.05) is 0 Å². The van der Waals surface area contributed by atoms with Gasteiger partial charge in [-0.1, -0.05) is 13.5 Å². The van der Waals surface area contributed by atoms with Gasteiger partial charge in [0.1, 0.15) is 0 Å². The van der Waals surface area contributed by atoms with Gasteiger partial charge in [-0.3, -0.25) is 0 Å². The van der Waals surface area contributed by atoms with Crippen molar-refractivity contribution in [2.45, 2.75) is 43.8 Å². The van der Waals surface area contributed by atoms with Crippen LogP contribution in [-0.2, 0) is 14.6 Å². The van der Waals surface area contributed by atoms with E-state index in [1.54, 1.807) is 0 Å². The molecule has 4 heteroatoms. The monoisotopic (exact) mass is 232 g/mol. The van der Waals surface area contributed by atoms with Crippen LogP contribution in [-0.4, -0.2) is 25.5 Å². The highest BCUT2D eigenvalue weighted by Crippen LogP contribution is 2.39. The molecule has 1 rings (SSSR count). The fourth-order valence-corrected chi connectivity index (χ4v) is 4.68. The van der Waals surface area contributed by atoms with Crippen LogP contribution >= 0.6 is 0 Å². The molecule has 1 aliphatic rings. The first-order valence-electron chi connectivity index (χ1n) is 5.53. The third kappa shape index (κ3) is 2.54. The maximum absolute atomic E-state index is 11.9. The molecule has 0 amide bonds. The smallest absolute Gasteiger partial charge is 0.155 e. The van der Waals surface area contributed by atoms with Crippen molar-refractivity contribution in [3.63, 3.8) is 0 Å². The molecule has 0 aromatic rings. The van der Waals surface area contributed by atoms with E-state index >= 15 is 0 Å². The van der Waals surface area contributed by atoms with Crippen molar-refractivity contribution in [3.8, 4) is 0 Å². The molecular formula is C11H20O3S. The Labute approximate surface area is 92.4 Å². The molecule has 1 atom stereocenters. The molecular weight excluding hydrogens is 212 g/mol. The molecule has 1 unspecified atom stereocenters. The molecule has 0 radical (unpaired) electrons. The highest BCUT2D eigenvalue weighted by atomic mass is 32.2. The summed E-state index contributed by atoms with van der Waals surface area (Å²) in [4.78, 5) is 0. The summed E-state index contributed by atoms with van der Waals surface area (Å²) in [5, 5.41) is 0. The summed E-state index contributed by atoms with van der Waals surface area (Å²) in [6, 6.07) is 0. The van der Waals surface area contributed by atoms with Crippen molar-refractivity contribution in [2.24, 2.45) is 0 Å². The average molecular weight is 232 g/mol. The van der Waals surface area contributed by atoms with Crippen molar-refractivity contribution < 1.29 is 13.2 Å². The second kappa shape index (κ2) is 5.01. The van der Waals surface area contributed by atoms with Crippen LogP contribution in [0.2, 0.25) is 0 Å². The van der Waals surface area contributed by atoms with Gasteiger partial charge in [0.15, 0.2) is 9.84 Å². The molecule has 1 aliphatic heterocycles. The zero-order valence-corrected chi connectivity index (χ0v) is 10.2. The van der Waals surface area contributed by atoms with Crippen LogP contribution in [0.3, 0.4) is 0 Å². The van der Waals surface area contributed by atoms with E-state index in [9.17, 15) is 8.42 Å². The van der Waals surface area contributed by atoms with Crippen molar-refractivity contribution >= 4 is 9.84 Å². The lowest BCUT2D eigenvalue weighted by atomic mass is 9.95. The van der Waals surface area contributed by atoms with E-state index in [0.29, 0.717) is 12.4 Å². The van der Waals surface area contributed by atoms with Crippen LogP contribution in [0.15, 0.2) is 12.8 Å². The first kappa shape index (κ1) is 12.6. The van der Waals surface area contributed by atoms with E-state index in [-0.39, 0.29) is 0 Å². The topological polar surface area (TPSA) is 43.4 Å². The van der Waals surface area contributed by atoms with Gasteiger partial charge in [-0.2, -0.15) is 0 Å². The van der Waals surface area contributed by atoms with E-state index in [0.717, 1.165) is 32.1 Å². The number of hydrogen-bond acceptors (Lipinski definition) is 3. The van der Waals surface area contributed by atoms with E-state index in [4.69, 9.17) is 4.74 Å². The molecule has 0 bridgehead atoms. The maximum atomic E-state index is 11.9. The first-order valence-corrected chi connectivity index (χ1v) is 7.18. The molecule has 0 spiro atoms. The van der Waals surface area contributed by atoms with Crippen LogP contribution in [0.4, 0.5) is 0 Å². The van der Waals surface area contributed by atoms with Crippen molar-refractivity contribution in [1.82, 2.24) is 0 Å². The number of hydrogen-bond donors (Lipinski definition) is 0. The molecule has 0 aliphatic carbocycles. The molecule has 1 heterocycles. The predicted octanol–water partition coefficient (Wildman–Crippen LogP) is 2.28. The SMILES string of the molecule is C=COCCCC1(CC)CCCS1(=O)=O. The second-order valence-electron chi connectivity index (χ2n) is 4.10. The third-order valence-electron chi connectivity index (χ3n) is 3.36. The Bertz CT molecular complexity index is 308. The lowest BCUT2D eigenvalue weighted by Crippen LogP contribution is -2.34. The lowest BCUT2D eigenvalue weighted by Gasteiger charge is -2.26. The molecule has 88 valence electrons. The highest BCUT2D eigenvalue weighted by Gasteiger charge is 2.45. The van der Waals surface area contributed by atoms with Crippen LogP contribution in [0, 0.1) is 0 Å². The fraction of sp³-hybridized carbons (Fsp3) is 0.818. The van der Waals surface area contributed by atoms with E-state index < -0.39 is 14.6 Å². The third-order valence-corrected chi connectivity index (χ3v) is 6.20. The summed E-state index contributed by atoms with van der Waals surface area (Å²) in [6.45, 7) is 6.00. The lowest BCUT2D eigenvalue weighted by molar-refractivity contribution is 0.235. The largest absolute Gasteiger partial charge is 0.502 e. The van der Waals surface area contributed by atoms with Crippen molar-refractivity contribution in [1.29, 1.82) is 0 Å². The number of rotatable bonds is 6. The molecule has 0 aromatic carbocycles. The predicted molar refractivity (Wildman–Crippen MR) is 61.4 cm³/mol. The fourth-order valence-electron chi connectivity index (χ4n) is 2.37. The van der Waals surface area contributed by atoms with Gasteiger partial charge < -0.3 is 4.74 Å². The minimum atomic E-state index is -2.87. The van der Waals surface area contributed by atoms with Gasteiger partial charge >= 0.3 is 0 Å². The van der Waals surface area contributed by atoms with Crippen molar-refractivity contribution in [2.75, 3.05) is 12.4 Å². The Kier molecular flexibility index (Phi) is 4.20. The molecule has 3 nitrogen and oxygen atoms in total. The zero-order chi connectivity index (χ0) is 11.4. The summed E-state index contributed by atoms with van der Waals surface area (Å²) in [5.74, 6) is 0.364. The van der Waals surface area contributed by atoms with Gasteiger partial charge in [0.2, 0.25) is 0 Å². The first-order chi connectivity index (χ1) is 7.08. The number of ether oxygens (including phenoxy) is 1. The molecule has 0 aromatic heterocycles. The van der Waals surface area contributed by atoms with Gasteiger partial charge in [-0.05, 0) is 32.1 Å². The Hall–Kier alpha value is -0.510. The molecule has 1 fully saturated rings. The summed E-state index contributed by atoms with van der Waals surface area (Å²) in [5.41, 5.74) is 0. The van der Waals surface area contributed by atoms with Crippen LogP contribution < -0.4 is 0 Å². The Morgan fingerprint density at radius 3 is 2.73 bits per heavy atom. The van der Waals surface area contributed by atoms with Crippen LogP contribution in [0.1, 0.15) is 39.0 Å². The zero-order valence-electron chi connectivity index (χ0n) is 9.37. The standard InChI is InChI=1S/C11H20O3S/c1-3-11(7-5-9-14-4-2)8-6-10-15(11,12)13/h4H,2-3,5-10H2,1H3. The van der Waals surface area contributed by atoms with Crippen LogP contribution in [0.25, 0.3) is 0 Å². The Morgan fingerprint density at radius 2 is 2.27 bits per heavy atom. The number of sulfone groups is 1. The Morgan fingerprint density at radius 1 is 1.53 bits per heavy atom. The molecule has 1 saturated heterocycles. The highest BCUT2D eigenvalue weighted by molar-refractivity contribution is 7.93. The summed E-state index contributed by atoms with van der Waals surface area (Å²) in [7, 11) is -2.87. The van der Waals surface area contributed by atoms with Crippen molar-refractivity contribution in [3.05, 3.63) is 12.8 Å². The van der Waals surface area contributed by atoms with E-state index in [1.165, 1.54) is 6.26 Å². The average Bonchev–Trinajstić information content (AvgIpc) is 2.49. The van der Waals surface area contributed by atoms with E-state index in [1.807, 2.05) is 6.92 Å². The minimum absolute atomic E-state index is 0.364. The van der Waals surface area contributed by atoms with Gasteiger partial charge in [-0.25, -0.2) is 8.42 Å². The van der Waals surface area contributed by atoms with Gasteiger partial charge in [-0.15, -0.1) is 0 Å². The molecule has 15 heavy (non-hydrogen) atoms.